The highest BCUT2D eigenvalue weighted by molar-refractivity contribution is 8.00. The molecule has 1 aliphatic heterocycles. The molecule has 1 aliphatic rings. The van der Waals surface area contributed by atoms with Crippen LogP contribution in [0.15, 0.2) is 58.5 Å². The smallest absolute Gasteiger partial charge is 0.285 e. The molecule has 118 valence electrons. The van der Waals surface area contributed by atoms with Crippen molar-refractivity contribution >= 4 is 38.1 Å². The molecule has 1 heterocycles. The van der Waals surface area contributed by atoms with Crippen LogP contribution in [0.5, 0.6) is 0 Å². The summed E-state index contributed by atoms with van der Waals surface area (Å²) in [7, 11) is -3.82. The summed E-state index contributed by atoms with van der Waals surface area (Å²) in [5.41, 5.74) is 1.55. The number of hydrogen-bond acceptors (Lipinski definition) is 3. The molecule has 0 spiro atoms. The fourth-order valence-electron chi connectivity index (χ4n) is 2.29. The number of amidine groups is 1. The molecular formula is C16H12ClFN2O2S. The number of sulfonamides is 1. The molecular weight excluding hydrogens is 339 g/mol. The predicted molar refractivity (Wildman–Crippen MR) is 90.4 cm³/mol. The summed E-state index contributed by atoms with van der Waals surface area (Å²) in [4.78, 5) is 0.0777. The Morgan fingerprint density at radius 1 is 1.04 bits per heavy atom. The second-order valence-electron chi connectivity index (χ2n) is 5.01. The maximum Gasteiger partial charge on any atom is 0.285 e. The molecule has 0 bridgehead atoms. The lowest BCUT2D eigenvalue weighted by Gasteiger charge is -2.07. The van der Waals surface area contributed by atoms with Gasteiger partial charge >= 0.3 is 0 Å². The van der Waals surface area contributed by atoms with Crippen molar-refractivity contribution in [3.8, 4) is 0 Å². The number of benzene rings is 2. The summed E-state index contributed by atoms with van der Waals surface area (Å²) >= 11 is 5.82. The zero-order valence-corrected chi connectivity index (χ0v) is 13.6. The van der Waals surface area contributed by atoms with Gasteiger partial charge in [-0.2, -0.15) is 8.42 Å². The summed E-state index contributed by atoms with van der Waals surface area (Å²) in [6, 6.07) is 12.1. The van der Waals surface area contributed by atoms with Gasteiger partial charge in [0.05, 0.1) is 0 Å². The van der Waals surface area contributed by atoms with E-state index in [1.165, 1.54) is 24.3 Å². The highest BCUT2D eigenvalue weighted by Gasteiger charge is 2.31. The van der Waals surface area contributed by atoms with Gasteiger partial charge in [0.1, 0.15) is 16.6 Å². The van der Waals surface area contributed by atoms with Crippen LogP contribution in [-0.4, -0.2) is 14.3 Å². The summed E-state index contributed by atoms with van der Waals surface area (Å²) in [6.07, 6.45) is 0. The highest BCUT2D eigenvalue weighted by atomic mass is 35.5. The Balaban J connectivity index is 1.99. The van der Waals surface area contributed by atoms with Crippen molar-refractivity contribution < 1.29 is 12.8 Å². The number of rotatable bonds is 2. The number of nitrogens with zero attached hydrogens (tertiary/aromatic N) is 1. The van der Waals surface area contributed by atoms with Gasteiger partial charge in [-0.05, 0) is 48.9 Å². The highest BCUT2D eigenvalue weighted by Crippen LogP contribution is 2.33. The summed E-state index contributed by atoms with van der Waals surface area (Å²) in [5, 5.41) is 3.54. The van der Waals surface area contributed by atoms with E-state index in [-0.39, 0.29) is 10.7 Å². The Morgan fingerprint density at radius 2 is 1.65 bits per heavy atom. The Labute approximate surface area is 138 Å². The molecule has 0 unspecified atom stereocenters. The summed E-state index contributed by atoms with van der Waals surface area (Å²) in [5.74, 6) is -0.186. The largest absolute Gasteiger partial charge is 0.339 e. The van der Waals surface area contributed by atoms with E-state index >= 15 is 0 Å². The number of nitrogens with one attached hydrogen (secondary N) is 1. The minimum absolute atomic E-state index is 0.0777. The van der Waals surface area contributed by atoms with Gasteiger partial charge in [-0.15, -0.1) is 4.40 Å². The fourth-order valence-corrected chi connectivity index (χ4v) is 3.85. The Hall–Kier alpha value is -2.18. The topological polar surface area (TPSA) is 58.5 Å². The van der Waals surface area contributed by atoms with Gasteiger partial charge in [-0.1, -0.05) is 23.7 Å². The molecule has 0 aliphatic carbocycles. The van der Waals surface area contributed by atoms with Gasteiger partial charge < -0.3 is 5.32 Å². The molecule has 7 heteroatoms. The summed E-state index contributed by atoms with van der Waals surface area (Å²) in [6.45, 7) is 1.66. The molecule has 2 aromatic carbocycles. The van der Waals surface area contributed by atoms with Crippen LogP contribution in [0.2, 0.25) is 5.02 Å². The van der Waals surface area contributed by atoms with Gasteiger partial charge in [-0.25, -0.2) is 4.39 Å². The van der Waals surface area contributed by atoms with Crippen LogP contribution in [0.25, 0.3) is 4.91 Å². The van der Waals surface area contributed by atoms with E-state index in [0.717, 1.165) is 0 Å². The van der Waals surface area contributed by atoms with Gasteiger partial charge in [0.15, 0.2) is 0 Å². The number of halogens is 2. The number of anilines is 1. The van der Waals surface area contributed by atoms with Gasteiger partial charge in [0.2, 0.25) is 0 Å². The average Bonchev–Trinajstić information content (AvgIpc) is 2.72. The Bertz CT molecular complexity index is 918. The Kier molecular flexibility index (Phi) is 3.95. The second kappa shape index (κ2) is 5.79. The molecule has 0 atom stereocenters. The SMILES string of the molecule is CC1=C(c2ccc(F)cc2)S(=O)(=O)N=C1Nc1ccc(Cl)cc1. The van der Waals surface area contributed by atoms with E-state index in [4.69, 9.17) is 11.6 Å². The van der Waals surface area contributed by atoms with Crippen LogP contribution < -0.4 is 5.32 Å². The van der Waals surface area contributed by atoms with Crippen molar-refractivity contribution in [1.29, 1.82) is 0 Å². The molecule has 0 saturated heterocycles. The molecule has 0 amide bonds. The molecule has 0 fully saturated rings. The number of hydrogen-bond donors (Lipinski definition) is 1. The molecule has 3 rings (SSSR count). The molecule has 4 nitrogen and oxygen atoms in total. The van der Waals surface area contributed by atoms with Crippen LogP contribution >= 0.6 is 11.6 Å². The van der Waals surface area contributed by atoms with Crippen molar-refractivity contribution in [3.05, 3.63) is 70.5 Å². The molecule has 23 heavy (non-hydrogen) atoms. The molecule has 0 aromatic heterocycles. The van der Waals surface area contributed by atoms with E-state index in [1.807, 2.05) is 0 Å². The molecule has 1 N–H and O–H groups in total. The average molecular weight is 351 g/mol. The first-order valence-electron chi connectivity index (χ1n) is 6.71. The standard InChI is InChI=1S/C16H12ClFN2O2S/c1-10-15(11-2-6-13(18)7-3-11)23(21,22)20-16(10)19-14-8-4-12(17)5-9-14/h2-9H,1H3,(H,19,20). The molecule has 2 aromatic rings. The van der Waals surface area contributed by atoms with Crippen LogP contribution in [-0.2, 0) is 10.0 Å². The first kappa shape index (κ1) is 15.7. The zero-order valence-electron chi connectivity index (χ0n) is 12.0. The van der Waals surface area contributed by atoms with E-state index in [1.54, 1.807) is 31.2 Å². The van der Waals surface area contributed by atoms with Gasteiger partial charge in [0, 0.05) is 16.3 Å². The van der Waals surface area contributed by atoms with E-state index in [2.05, 4.69) is 9.71 Å². The van der Waals surface area contributed by atoms with E-state index in [9.17, 15) is 12.8 Å². The fraction of sp³-hybridized carbons (Fsp3) is 0.0625. The van der Waals surface area contributed by atoms with Crippen molar-refractivity contribution in [3.63, 3.8) is 0 Å². The minimum Gasteiger partial charge on any atom is -0.339 e. The maximum absolute atomic E-state index is 13.0. The first-order chi connectivity index (χ1) is 10.9. The van der Waals surface area contributed by atoms with Crippen molar-refractivity contribution in [2.24, 2.45) is 4.40 Å². The van der Waals surface area contributed by atoms with Gasteiger partial charge in [0.25, 0.3) is 10.0 Å². The minimum atomic E-state index is -3.82. The quantitative estimate of drug-likeness (QED) is 0.888. The normalized spacial score (nSPS) is 16.4. The molecule has 0 radical (unpaired) electrons. The lowest BCUT2D eigenvalue weighted by molar-refractivity contribution is 0.608. The maximum atomic E-state index is 13.0. The van der Waals surface area contributed by atoms with Crippen molar-refractivity contribution in [1.82, 2.24) is 0 Å². The predicted octanol–water partition coefficient (Wildman–Crippen LogP) is 4.06. The van der Waals surface area contributed by atoms with Crippen LogP contribution in [0.3, 0.4) is 0 Å². The lowest BCUT2D eigenvalue weighted by Crippen LogP contribution is -2.11. The van der Waals surface area contributed by atoms with Crippen LogP contribution in [0, 0.1) is 5.82 Å². The van der Waals surface area contributed by atoms with Crippen molar-refractivity contribution in [2.75, 3.05) is 5.32 Å². The third-order valence-corrected chi connectivity index (χ3v) is 5.11. The molecule has 0 saturated carbocycles. The lowest BCUT2D eigenvalue weighted by atomic mass is 10.1. The van der Waals surface area contributed by atoms with E-state index < -0.39 is 15.8 Å². The monoisotopic (exact) mass is 350 g/mol. The zero-order chi connectivity index (χ0) is 16.6. The summed E-state index contributed by atoms with van der Waals surface area (Å²) < 4.78 is 41.4. The second-order valence-corrected chi connectivity index (χ2v) is 6.99. The third kappa shape index (κ3) is 3.13. The Morgan fingerprint density at radius 3 is 2.26 bits per heavy atom. The van der Waals surface area contributed by atoms with Gasteiger partial charge in [-0.3, -0.25) is 0 Å². The van der Waals surface area contributed by atoms with Crippen LogP contribution in [0.4, 0.5) is 10.1 Å². The third-order valence-electron chi connectivity index (χ3n) is 3.38. The first-order valence-corrected chi connectivity index (χ1v) is 8.53. The van der Waals surface area contributed by atoms with Crippen molar-refractivity contribution in [2.45, 2.75) is 6.92 Å². The van der Waals surface area contributed by atoms with E-state index in [0.29, 0.717) is 21.8 Å². The van der Waals surface area contributed by atoms with Crippen LogP contribution in [0.1, 0.15) is 12.5 Å².